The number of hydrogen-bond donors (Lipinski definition) is 2. The third-order valence-corrected chi connectivity index (χ3v) is 3.44. The van der Waals surface area contributed by atoms with E-state index in [1.165, 1.54) is 0 Å². The number of aliphatic hydroxyl groups is 1. The summed E-state index contributed by atoms with van der Waals surface area (Å²) in [6, 6.07) is 8.78. The van der Waals surface area contributed by atoms with Crippen molar-refractivity contribution in [2.24, 2.45) is 0 Å². The van der Waals surface area contributed by atoms with Crippen LogP contribution in [-0.4, -0.2) is 18.1 Å². The molecule has 0 saturated carbocycles. The highest BCUT2D eigenvalue weighted by atomic mass is 32.1. The topological polar surface area (TPSA) is 58.6 Å². The van der Waals surface area contributed by atoms with E-state index in [9.17, 15) is 9.90 Å². The number of carbonyl (C=O) groups excluding carboxylic acids is 1. The second-order valence-corrected chi connectivity index (χ2v) is 4.81. The van der Waals surface area contributed by atoms with E-state index < -0.39 is 12.0 Å². The number of thiophene rings is 1. The van der Waals surface area contributed by atoms with Gasteiger partial charge in [-0.2, -0.15) is 11.3 Å². The standard InChI is InChI=1S/C14H15NO3S/c1-18-12-4-2-3-11(7-12)13(16)14(17)15-8-10-5-6-19-9-10/h2-7,9,13,16H,8H2,1H3,(H,15,17). The average Bonchev–Trinajstić information content (AvgIpc) is 2.97. The van der Waals surface area contributed by atoms with E-state index in [-0.39, 0.29) is 0 Å². The summed E-state index contributed by atoms with van der Waals surface area (Å²) >= 11 is 1.57. The van der Waals surface area contributed by atoms with E-state index in [0.717, 1.165) is 5.56 Å². The van der Waals surface area contributed by atoms with Gasteiger partial charge in [0.25, 0.3) is 5.91 Å². The molecule has 1 amide bonds. The molecule has 0 aliphatic heterocycles. The van der Waals surface area contributed by atoms with E-state index in [2.05, 4.69) is 5.32 Å². The number of rotatable bonds is 5. The number of amides is 1. The van der Waals surface area contributed by atoms with Gasteiger partial charge in [0.1, 0.15) is 5.75 Å². The van der Waals surface area contributed by atoms with E-state index in [4.69, 9.17) is 4.74 Å². The van der Waals surface area contributed by atoms with Crippen molar-refractivity contribution in [3.63, 3.8) is 0 Å². The highest BCUT2D eigenvalue weighted by Gasteiger charge is 2.17. The van der Waals surface area contributed by atoms with Crippen LogP contribution in [0.3, 0.4) is 0 Å². The molecule has 5 heteroatoms. The van der Waals surface area contributed by atoms with Gasteiger partial charge in [0.15, 0.2) is 6.10 Å². The Hall–Kier alpha value is -1.85. The Morgan fingerprint density at radius 3 is 3.00 bits per heavy atom. The number of carbonyl (C=O) groups is 1. The predicted molar refractivity (Wildman–Crippen MR) is 74.1 cm³/mol. The third kappa shape index (κ3) is 3.56. The van der Waals surface area contributed by atoms with Gasteiger partial charge in [-0.05, 0) is 40.1 Å². The molecule has 1 unspecified atom stereocenters. The van der Waals surface area contributed by atoms with Gasteiger partial charge in [0.05, 0.1) is 7.11 Å². The average molecular weight is 277 g/mol. The fourth-order valence-electron chi connectivity index (χ4n) is 1.64. The summed E-state index contributed by atoms with van der Waals surface area (Å²) in [7, 11) is 1.54. The van der Waals surface area contributed by atoms with Gasteiger partial charge in [0, 0.05) is 6.54 Å². The van der Waals surface area contributed by atoms with Crippen LogP contribution in [-0.2, 0) is 11.3 Å². The molecule has 1 heterocycles. The summed E-state index contributed by atoms with van der Waals surface area (Å²) in [5.41, 5.74) is 1.54. The maximum Gasteiger partial charge on any atom is 0.253 e. The fourth-order valence-corrected chi connectivity index (χ4v) is 2.31. The molecule has 100 valence electrons. The molecule has 0 radical (unpaired) electrons. The highest BCUT2D eigenvalue weighted by molar-refractivity contribution is 7.07. The minimum atomic E-state index is -1.19. The molecule has 0 saturated heterocycles. The summed E-state index contributed by atoms with van der Waals surface area (Å²) in [6.07, 6.45) is -1.19. The first-order valence-corrected chi connectivity index (χ1v) is 6.76. The zero-order valence-electron chi connectivity index (χ0n) is 10.5. The monoisotopic (exact) mass is 277 g/mol. The normalized spacial score (nSPS) is 11.9. The summed E-state index contributed by atoms with van der Waals surface area (Å²) in [5.74, 6) is 0.196. The number of ether oxygens (including phenoxy) is 1. The lowest BCUT2D eigenvalue weighted by Gasteiger charge is -2.12. The molecule has 19 heavy (non-hydrogen) atoms. The zero-order chi connectivity index (χ0) is 13.7. The van der Waals surface area contributed by atoms with Crippen molar-refractivity contribution in [1.29, 1.82) is 0 Å². The Kier molecular flexibility index (Phi) is 4.54. The molecule has 1 atom stereocenters. The first-order chi connectivity index (χ1) is 9.20. The molecule has 0 bridgehead atoms. The smallest absolute Gasteiger partial charge is 0.253 e. The molecule has 2 N–H and O–H groups in total. The molecule has 0 aliphatic carbocycles. The number of methoxy groups -OCH3 is 1. The van der Waals surface area contributed by atoms with Crippen LogP contribution in [0.25, 0.3) is 0 Å². The Labute approximate surface area is 115 Å². The molecule has 0 aliphatic rings. The zero-order valence-corrected chi connectivity index (χ0v) is 11.3. The van der Waals surface area contributed by atoms with E-state index in [1.54, 1.807) is 42.7 Å². The van der Waals surface area contributed by atoms with Crippen LogP contribution in [0.2, 0.25) is 0 Å². The van der Waals surface area contributed by atoms with Gasteiger partial charge >= 0.3 is 0 Å². The summed E-state index contributed by atoms with van der Waals surface area (Å²) in [6.45, 7) is 0.420. The van der Waals surface area contributed by atoms with Crippen molar-refractivity contribution in [1.82, 2.24) is 5.32 Å². The second-order valence-electron chi connectivity index (χ2n) is 4.03. The SMILES string of the molecule is COc1cccc(C(O)C(=O)NCc2ccsc2)c1. The first kappa shape index (κ1) is 13.6. The molecule has 1 aromatic carbocycles. The molecule has 2 rings (SSSR count). The number of benzene rings is 1. The largest absolute Gasteiger partial charge is 0.497 e. The van der Waals surface area contributed by atoms with Crippen LogP contribution in [0, 0.1) is 0 Å². The third-order valence-electron chi connectivity index (χ3n) is 2.70. The van der Waals surface area contributed by atoms with E-state index in [0.29, 0.717) is 17.9 Å². The van der Waals surface area contributed by atoms with Gasteiger partial charge in [-0.3, -0.25) is 4.79 Å². The molecule has 0 fully saturated rings. The number of nitrogens with one attached hydrogen (secondary N) is 1. The molecule has 2 aromatic rings. The Morgan fingerprint density at radius 1 is 1.47 bits per heavy atom. The predicted octanol–water partition coefficient (Wildman–Crippen LogP) is 2.11. The lowest BCUT2D eigenvalue weighted by Crippen LogP contribution is -2.28. The lowest BCUT2D eigenvalue weighted by molar-refractivity contribution is -0.129. The number of aliphatic hydroxyl groups excluding tert-OH is 1. The fraction of sp³-hybridized carbons (Fsp3) is 0.214. The van der Waals surface area contributed by atoms with Crippen LogP contribution in [0.1, 0.15) is 17.2 Å². The lowest BCUT2D eigenvalue weighted by atomic mass is 10.1. The van der Waals surface area contributed by atoms with Crippen molar-refractivity contribution in [3.05, 3.63) is 52.2 Å². The van der Waals surface area contributed by atoms with Crippen LogP contribution < -0.4 is 10.1 Å². The van der Waals surface area contributed by atoms with Gasteiger partial charge in [-0.1, -0.05) is 12.1 Å². The van der Waals surface area contributed by atoms with Crippen LogP contribution in [0.4, 0.5) is 0 Å². The van der Waals surface area contributed by atoms with Crippen LogP contribution in [0.5, 0.6) is 5.75 Å². The Bertz CT molecular complexity index is 539. The van der Waals surface area contributed by atoms with E-state index in [1.807, 2.05) is 16.8 Å². The minimum absolute atomic E-state index is 0.417. The maximum absolute atomic E-state index is 11.8. The quantitative estimate of drug-likeness (QED) is 0.880. The summed E-state index contributed by atoms with van der Waals surface area (Å²) in [4.78, 5) is 11.8. The van der Waals surface area contributed by atoms with Crippen molar-refractivity contribution in [2.45, 2.75) is 12.6 Å². The van der Waals surface area contributed by atoms with Gasteiger partial charge in [0.2, 0.25) is 0 Å². The molecular formula is C14H15NO3S. The maximum atomic E-state index is 11.8. The molecule has 1 aromatic heterocycles. The second kappa shape index (κ2) is 6.36. The highest BCUT2D eigenvalue weighted by Crippen LogP contribution is 2.19. The number of hydrogen-bond acceptors (Lipinski definition) is 4. The summed E-state index contributed by atoms with van der Waals surface area (Å²) in [5, 5.41) is 16.6. The van der Waals surface area contributed by atoms with Crippen molar-refractivity contribution < 1.29 is 14.6 Å². The van der Waals surface area contributed by atoms with E-state index >= 15 is 0 Å². The first-order valence-electron chi connectivity index (χ1n) is 5.81. The van der Waals surface area contributed by atoms with Crippen LogP contribution >= 0.6 is 11.3 Å². The van der Waals surface area contributed by atoms with Crippen molar-refractivity contribution >= 4 is 17.2 Å². The molecule has 0 spiro atoms. The van der Waals surface area contributed by atoms with Gasteiger partial charge < -0.3 is 15.2 Å². The van der Waals surface area contributed by atoms with Gasteiger partial charge in [-0.15, -0.1) is 0 Å². The minimum Gasteiger partial charge on any atom is -0.497 e. The van der Waals surface area contributed by atoms with Crippen LogP contribution in [0.15, 0.2) is 41.1 Å². The van der Waals surface area contributed by atoms with Crippen molar-refractivity contribution in [2.75, 3.05) is 7.11 Å². The Balaban J connectivity index is 1.97. The van der Waals surface area contributed by atoms with Gasteiger partial charge in [-0.25, -0.2) is 0 Å². The molecular weight excluding hydrogens is 262 g/mol. The Morgan fingerprint density at radius 2 is 2.32 bits per heavy atom. The summed E-state index contributed by atoms with van der Waals surface area (Å²) < 4.78 is 5.06. The molecule has 4 nitrogen and oxygen atoms in total. The van der Waals surface area contributed by atoms with Crippen molar-refractivity contribution in [3.8, 4) is 5.75 Å².